The lowest BCUT2D eigenvalue weighted by Gasteiger charge is -2.00. The molecule has 35 heavy (non-hydrogen) atoms. The van der Waals surface area contributed by atoms with E-state index in [1.54, 1.807) is 18.3 Å². The lowest BCUT2D eigenvalue weighted by molar-refractivity contribution is 0.0884. The van der Waals surface area contributed by atoms with Crippen LogP contribution in [-0.2, 0) is 35.7 Å². The van der Waals surface area contributed by atoms with E-state index in [0.717, 1.165) is 35.6 Å². The summed E-state index contributed by atoms with van der Waals surface area (Å²) in [7, 11) is 0. The Morgan fingerprint density at radius 1 is 0.600 bits per heavy atom. The predicted molar refractivity (Wildman–Crippen MR) is 125 cm³/mol. The largest absolute Gasteiger partial charge is 0.373 e. The number of nitrogens with zero attached hydrogens (tertiary/aromatic N) is 4. The first-order chi connectivity index (χ1) is 17.3. The van der Waals surface area contributed by atoms with Crippen molar-refractivity contribution in [2.75, 3.05) is 6.61 Å². The molecular weight excluding hydrogens is 448 g/mol. The Morgan fingerprint density at radius 3 is 1.94 bits per heavy atom. The highest BCUT2D eigenvalue weighted by molar-refractivity contribution is 5.53. The fourth-order valence-corrected chi connectivity index (χ4v) is 3.43. The normalized spacial score (nSPS) is 11.2. The van der Waals surface area contributed by atoms with Crippen LogP contribution in [-0.4, -0.2) is 27.1 Å². The first-order valence-corrected chi connectivity index (χ1v) is 11.3. The van der Waals surface area contributed by atoms with E-state index < -0.39 is 0 Å². The SMILES string of the molecule is c1ccc(COCc2cc(-c3cc(COCCCc4cc(-c5ccccn5)no4)on3)no2)cc1. The van der Waals surface area contributed by atoms with Crippen LogP contribution in [0.15, 0.2) is 86.5 Å². The summed E-state index contributed by atoms with van der Waals surface area (Å²) >= 11 is 0. The molecule has 9 nitrogen and oxygen atoms in total. The van der Waals surface area contributed by atoms with Gasteiger partial charge in [-0.3, -0.25) is 4.98 Å². The van der Waals surface area contributed by atoms with E-state index in [2.05, 4.69) is 20.5 Å². The second kappa shape index (κ2) is 11.4. The summed E-state index contributed by atoms with van der Waals surface area (Å²) in [6.45, 7) is 1.68. The molecule has 4 heterocycles. The van der Waals surface area contributed by atoms with Crippen molar-refractivity contribution in [2.24, 2.45) is 0 Å². The molecule has 0 spiro atoms. The zero-order chi connectivity index (χ0) is 23.7. The van der Waals surface area contributed by atoms with E-state index in [-0.39, 0.29) is 0 Å². The summed E-state index contributed by atoms with van der Waals surface area (Å²) in [6.07, 6.45) is 3.23. The standard InChI is InChI=1S/C26H24N4O5/c1-2-7-19(8-3-1)16-32-18-22-15-26(30-35-22)25-14-21(34-29-25)17-31-12-6-9-20-13-24(28-33-20)23-10-4-5-11-27-23/h1-5,7-8,10-11,13-15H,6,9,12,16-18H2. The maximum absolute atomic E-state index is 5.71. The summed E-state index contributed by atoms with van der Waals surface area (Å²) in [6, 6.07) is 21.1. The Kier molecular flexibility index (Phi) is 7.37. The Labute approximate surface area is 201 Å². The van der Waals surface area contributed by atoms with Crippen LogP contribution in [0.3, 0.4) is 0 Å². The highest BCUT2D eigenvalue weighted by atomic mass is 16.5. The Hall–Kier alpha value is -4.08. The Bertz CT molecular complexity index is 1310. The lowest BCUT2D eigenvalue weighted by atomic mass is 10.2. The second-order valence-electron chi connectivity index (χ2n) is 7.88. The summed E-state index contributed by atoms with van der Waals surface area (Å²) in [5, 5.41) is 12.2. The molecule has 0 bridgehead atoms. The molecule has 0 saturated carbocycles. The van der Waals surface area contributed by atoms with Crippen LogP contribution in [0.25, 0.3) is 22.8 Å². The molecule has 5 rings (SSSR count). The van der Waals surface area contributed by atoms with Crippen LogP contribution in [0.1, 0.15) is 29.3 Å². The number of hydrogen-bond donors (Lipinski definition) is 0. The first-order valence-electron chi connectivity index (χ1n) is 11.3. The van der Waals surface area contributed by atoms with E-state index in [1.165, 1.54) is 0 Å². The van der Waals surface area contributed by atoms with Crippen molar-refractivity contribution in [1.29, 1.82) is 0 Å². The molecule has 4 aromatic heterocycles. The molecule has 178 valence electrons. The molecule has 9 heteroatoms. The van der Waals surface area contributed by atoms with Gasteiger partial charge in [-0.1, -0.05) is 51.9 Å². The van der Waals surface area contributed by atoms with Gasteiger partial charge in [0.25, 0.3) is 0 Å². The molecule has 0 fully saturated rings. The Morgan fingerprint density at radius 2 is 1.23 bits per heavy atom. The molecular formula is C26H24N4O5. The summed E-state index contributed by atoms with van der Waals surface area (Å²) in [4.78, 5) is 4.28. The molecule has 0 aliphatic rings. The van der Waals surface area contributed by atoms with Gasteiger partial charge in [-0.25, -0.2) is 0 Å². The van der Waals surface area contributed by atoms with Gasteiger partial charge < -0.3 is 23.0 Å². The van der Waals surface area contributed by atoms with Gasteiger partial charge in [0, 0.05) is 37.4 Å². The maximum Gasteiger partial charge on any atom is 0.163 e. The summed E-state index contributed by atoms with van der Waals surface area (Å²) < 4.78 is 27.5. The number of pyridine rings is 1. The molecule has 5 aromatic rings. The van der Waals surface area contributed by atoms with Crippen LogP contribution < -0.4 is 0 Å². The van der Waals surface area contributed by atoms with Crippen molar-refractivity contribution >= 4 is 0 Å². The summed E-state index contributed by atoms with van der Waals surface area (Å²) in [5.74, 6) is 2.03. The summed E-state index contributed by atoms with van der Waals surface area (Å²) in [5.41, 5.74) is 3.80. The minimum atomic E-state index is 0.313. The second-order valence-corrected chi connectivity index (χ2v) is 7.88. The highest BCUT2D eigenvalue weighted by Crippen LogP contribution is 2.21. The van der Waals surface area contributed by atoms with Crippen LogP contribution >= 0.6 is 0 Å². The average Bonchev–Trinajstić information content (AvgIpc) is 3.66. The van der Waals surface area contributed by atoms with Gasteiger partial charge in [0.1, 0.15) is 36.1 Å². The number of ether oxygens (including phenoxy) is 2. The quantitative estimate of drug-likeness (QED) is 0.225. The number of rotatable bonds is 12. The molecule has 1 aromatic carbocycles. The van der Waals surface area contributed by atoms with E-state index >= 15 is 0 Å². The van der Waals surface area contributed by atoms with Crippen LogP contribution in [0.2, 0.25) is 0 Å². The maximum atomic E-state index is 5.71. The third-order valence-corrected chi connectivity index (χ3v) is 5.18. The third kappa shape index (κ3) is 6.28. The fraction of sp³-hybridized carbons (Fsp3) is 0.231. The number of hydrogen-bond acceptors (Lipinski definition) is 9. The lowest BCUT2D eigenvalue weighted by Crippen LogP contribution is -1.96. The number of aryl methyl sites for hydroxylation is 1. The molecule has 0 N–H and O–H groups in total. The van der Waals surface area contributed by atoms with Crippen molar-refractivity contribution in [3.8, 4) is 22.8 Å². The number of benzene rings is 1. The number of aromatic nitrogens is 4. The first kappa shape index (κ1) is 22.7. The Balaban J connectivity index is 1.03. The minimum Gasteiger partial charge on any atom is -0.373 e. The van der Waals surface area contributed by atoms with Gasteiger partial charge in [0.2, 0.25) is 0 Å². The molecule has 0 aliphatic carbocycles. The zero-order valence-electron chi connectivity index (χ0n) is 19.0. The van der Waals surface area contributed by atoms with Gasteiger partial charge >= 0.3 is 0 Å². The predicted octanol–water partition coefficient (Wildman–Crippen LogP) is 5.25. The van der Waals surface area contributed by atoms with E-state index in [1.807, 2.05) is 54.6 Å². The van der Waals surface area contributed by atoms with Gasteiger partial charge in [0.15, 0.2) is 11.5 Å². The van der Waals surface area contributed by atoms with Crippen molar-refractivity contribution in [3.63, 3.8) is 0 Å². The fourth-order valence-electron chi connectivity index (χ4n) is 3.43. The minimum absolute atomic E-state index is 0.313. The van der Waals surface area contributed by atoms with Crippen molar-refractivity contribution in [3.05, 3.63) is 95.8 Å². The monoisotopic (exact) mass is 472 g/mol. The topological polar surface area (TPSA) is 109 Å². The van der Waals surface area contributed by atoms with Gasteiger partial charge in [-0.05, 0) is 24.1 Å². The van der Waals surface area contributed by atoms with Gasteiger partial charge in [-0.15, -0.1) is 0 Å². The van der Waals surface area contributed by atoms with E-state index in [4.69, 9.17) is 23.0 Å². The smallest absolute Gasteiger partial charge is 0.163 e. The highest BCUT2D eigenvalue weighted by Gasteiger charge is 2.13. The van der Waals surface area contributed by atoms with E-state index in [0.29, 0.717) is 49.3 Å². The van der Waals surface area contributed by atoms with Crippen molar-refractivity contribution in [1.82, 2.24) is 20.5 Å². The van der Waals surface area contributed by atoms with Gasteiger partial charge in [-0.2, -0.15) is 0 Å². The van der Waals surface area contributed by atoms with Crippen LogP contribution in [0, 0.1) is 0 Å². The van der Waals surface area contributed by atoms with Crippen molar-refractivity contribution < 1.29 is 23.0 Å². The molecule has 0 radical (unpaired) electrons. The third-order valence-electron chi connectivity index (χ3n) is 5.18. The average molecular weight is 473 g/mol. The molecule has 0 saturated heterocycles. The molecule has 0 amide bonds. The van der Waals surface area contributed by atoms with Crippen LogP contribution in [0.5, 0.6) is 0 Å². The van der Waals surface area contributed by atoms with Crippen molar-refractivity contribution in [2.45, 2.75) is 32.7 Å². The molecule has 0 unspecified atom stereocenters. The zero-order valence-corrected chi connectivity index (χ0v) is 19.0. The van der Waals surface area contributed by atoms with Crippen LogP contribution in [0.4, 0.5) is 0 Å². The van der Waals surface area contributed by atoms with Gasteiger partial charge in [0.05, 0.1) is 12.3 Å². The van der Waals surface area contributed by atoms with E-state index in [9.17, 15) is 0 Å². The molecule has 0 aliphatic heterocycles. The molecule has 0 atom stereocenters.